The molecule has 0 saturated heterocycles. The van der Waals surface area contributed by atoms with Crippen molar-refractivity contribution in [2.45, 2.75) is 135 Å². The van der Waals surface area contributed by atoms with E-state index in [1.54, 1.807) is 41.5 Å². The van der Waals surface area contributed by atoms with Crippen LogP contribution in [0.4, 0.5) is 4.79 Å². The van der Waals surface area contributed by atoms with Gasteiger partial charge < -0.3 is 41.2 Å². The summed E-state index contributed by atoms with van der Waals surface area (Å²) in [7, 11) is 1.20. The van der Waals surface area contributed by atoms with Crippen molar-refractivity contribution in [2.75, 3.05) is 20.2 Å². The number of nitrogens with two attached hydrogens (primary N) is 1. The number of hydrogen-bond acceptors (Lipinski definition) is 10. The van der Waals surface area contributed by atoms with E-state index in [9.17, 15) is 28.8 Å². The number of benzene rings is 2. The Morgan fingerprint density at radius 3 is 1.98 bits per heavy atom. The van der Waals surface area contributed by atoms with E-state index in [-0.39, 0.29) is 43.5 Å². The third kappa shape index (κ3) is 16.2. The van der Waals surface area contributed by atoms with Crippen molar-refractivity contribution in [3.05, 3.63) is 48.0 Å². The van der Waals surface area contributed by atoms with E-state index in [1.165, 1.54) is 7.11 Å². The molecule has 2 aromatic carbocycles. The lowest BCUT2D eigenvalue weighted by Crippen LogP contribution is -2.52. The lowest BCUT2D eigenvalue weighted by Gasteiger charge is -2.28. The fraction of sp³-hybridized carbons (Fsp3) is 0.619. The molecule has 3 atom stereocenters. The third-order valence-corrected chi connectivity index (χ3v) is 9.50. The molecule has 1 aliphatic rings. The van der Waals surface area contributed by atoms with Gasteiger partial charge in [0.25, 0.3) is 0 Å². The molecule has 0 aromatic heterocycles. The van der Waals surface area contributed by atoms with Crippen molar-refractivity contribution in [1.29, 1.82) is 0 Å². The van der Waals surface area contributed by atoms with Crippen LogP contribution in [0.5, 0.6) is 0 Å². The van der Waals surface area contributed by atoms with E-state index in [0.29, 0.717) is 31.7 Å². The fourth-order valence-electron chi connectivity index (χ4n) is 6.59. The maximum atomic E-state index is 13.6. The topological polar surface area (TPSA) is 204 Å². The first-order valence-electron chi connectivity index (χ1n) is 19.7. The number of rotatable bonds is 18. The molecule has 0 radical (unpaired) electrons. The van der Waals surface area contributed by atoms with Gasteiger partial charge in [0.05, 0.1) is 7.11 Å². The highest BCUT2D eigenvalue weighted by Crippen LogP contribution is 2.28. The standard InChI is InChI=1S/C42H63N5O9/c1-41(2,3)55-35(48)22-21-33(39(52)56-42(4,5)6)47-40(53)46-32(38(51)54-7)14-10-11-23-44-37(50)34(45-36(49)30-19-15-27(26-43)16-20-30)25-28-17-18-29-12-8-9-13-31(29)24-28/h8-9,12-13,17-18,24,27,30,32-34H,10-11,14-16,19-23,25-26,43H2,1-7H3,(H,44,50)(H,45,49)(H2,46,47,53)/t27?,30?,32?,33-,34?/m0/s1. The molecule has 0 aliphatic heterocycles. The minimum atomic E-state index is -1.20. The van der Waals surface area contributed by atoms with E-state index in [2.05, 4.69) is 21.3 Å². The van der Waals surface area contributed by atoms with Crippen molar-refractivity contribution in [2.24, 2.45) is 17.6 Å². The SMILES string of the molecule is COC(=O)C(CCCCNC(=O)C(Cc1ccc2ccccc2c1)NC(=O)C1CCC(CN)CC1)NC(=O)N[C@@H](CCC(=O)OC(C)(C)C)C(=O)OC(C)(C)C. The van der Waals surface area contributed by atoms with Gasteiger partial charge in [-0.15, -0.1) is 0 Å². The Morgan fingerprint density at radius 2 is 1.38 bits per heavy atom. The summed E-state index contributed by atoms with van der Waals surface area (Å²) in [6, 6.07) is 10.1. The van der Waals surface area contributed by atoms with E-state index >= 15 is 0 Å². The van der Waals surface area contributed by atoms with E-state index in [1.807, 2.05) is 42.5 Å². The summed E-state index contributed by atoms with van der Waals surface area (Å²) in [5, 5.41) is 13.2. The van der Waals surface area contributed by atoms with Crippen LogP contribution in [0.25, 0.3) is 10.8 Å². The quantitative estimate of drug-likeness (QED) is 0.0809. The van der Waals surface area contributed by atoms with Crippen molar-refractivity contribution in [3.63, 3.8) is 0 Å². The van der Waals surface area contributed by atoms with Crippen LogP contribution >= 0.6 is 0 Å². The molecule has 310 valence electrons. The molecule has 1 fully saturated rings. The molecule has 56 heavy (non-hydrogen) atoms. The van der Waals surface area contributed by atoms with Gasteiger partial charge in [-0.05, 0) is 122 Å². The Morgan fingerprint density at radius 1 is 0.750 bits per heavy atom. The highest BCUT2D eigenvalue weighted by atomic mass is 16.6. The monoisotopic (exact) mass is 781 g/mol. The zero-order valence-electron chi connectivity index (χ0n) is 34.2. The molecule has 0 bridgehead atoms. The predicted molar refractivity (Wildman–Crippen MR) is 213 cm³/mol. The minimum Gasteiger partial charge on any atom is -0.467 e. The number of methoxy groups -OCH3 is 1. The molecule has 2 aromatic rings. The Kier molecular flexibility index (Phi) is 17.6. The number of carbonyl (C=O) groups is 6. The molecule has 1 aliphatic carbocycles. The summed E-state index contributed by atoms with van der Waals surface area (Å²) in [6.45, 7) is 11.1. The van der Waals surface area contributed by atoms with Gasteiger partial charge in [-0.2, -0.15) is 0 Å². The van der Waals surface area contributed by atoms with E-state index < -0.39 is 53.3 Å². The summed E-state index contributed by atoms with van der Waals surface area (Å²) in [6.07, 6.45) is 4.36. The first kappa shape index (κ1) is 45.7. The average molecular weight is 782 g/mol. The summed E-state index contributed by atoms with van der Waals surface area (Å²) < 4.78 is 15.7. The van der Waals surface area contributed by atoms with Crippen LogP contribution in [-0.4, -0.2) is 85.3 Å². The molecule has 0 spiro atoms. The third-order valence-electron chi connectivity index (χ3n) is 9.50. The summed E-state index contributed by atoms with van der Waals surface area (Å²) >= 11 is 0. The maximum absolute atomic E-state index is 13.6. The number of nitrogens with one attached hydrogen (secondary N) is 4. The Labute approximate surface area is 331 Å². The Balaban J connectivity index is 1.59. The van der Waals surface area contributed by atoms with Gasteiger partial charge in [0.15, 0.2) is 0 Å². The summed E-state index contributed by atoms with van der Waals surface area (Å²) in [4.78, 5) is 78.0. The number of esters is 3. The number of amides is 4. The molecule has 14 heteroatoms. The smallest absolute Gasteiger partial charge is 0.329 e. The first-order valence-corrected chi connectivity index (χ1v) is 19.7. The Bertz CT molecular complexity index is 1640. The minimum absolute atomic E-state index is 0.0858. The zero-order chi connectivity index (χ0) is 41.5. The second kappa shape index (κ2) is 21.5. The molecular weight excluding hydrogens is 718 g/mol. The van der Waals surface area contributed by atoms with Gasteiger partial charge in [0.1, 0.15) is 29.3 Å². The van der Waals surface area contributed by atoms with E-state index in [4.69, 9.17) is 19.9 Å². The first-order chi connectivity index (χ1) is 26.4. The van der Waals surface area contributed by atoms with Crippen molar-refractivity contribution in [3.8, 4) is 0 Å². The van der Waals surface area contributed by atoms with Gasteiger partial charge in [0, 0.05) is 25.3 Å². The van der Waals surface area contributed by atoms with Crippen LogP contribution in [0.3, 0.4) is 0 Å². The number of carbonyl (C=O) groups excluding carboxylic acids is 6. The zero-order valence-corrected chi connectivity index (χ0v) is 34.2. The van der Waals surface area contributed by atoms with Crippen LogP contribution in [0.1, 0.15) is 105 Å². The average Bonchev–Trinajstić information content (AvgIpc) is 3.13. The Hall–Kier alpha value is -4.72. The second-order valence-corrected chi connectivity index (χ2v) is 16.6. The highest BCUT2D eigenvalue weighted by Gasteiger charge is 2.31. The lowest BCUT2D eigenvalue weighted by atomic mass is 9.81. The van der Waals surface area contributed by atoms with E-state index in [0.717, 1.165) is 42.0 Å². The van der Waals surface area contributed by atoms with Gasteiger partial charge in [-0.25, -0.2) is 14.4 Å². The number of unbranched alkanes of at least 4 members (excludes halogenated alkanes) is 1. The van der Waals surface area contributed by atoms with Crippen molar-refractivity contribution in [1.82, 2.24) is 21.3 Å². The number of urea groups is 1. The molecule has 2 unspecified atom stereocenters. The van der Waals surface area contributed by atoms with Gasteiger partial charge in [-0.1, -0.05) is 42.5 Å². The van der Waals surface area contributed by atoms with Crippen LogP contribution < -0.4 is 27.0 Å². The molecule has 4 amide bonds. The fourth-order valence-corrected chi connectivity index (χ4v) is 6.59. The predicted octanol–water partition coefficient (Wildman–Crippen LogP) is 4.59. The molecular formula is C42H63N5O9. The molecule has 1 saturated carbocycles. The molecule has 14 nitrogen and oxygen atoms in total. The van der Waals surface area contributed by atoms with Crippen molar-refractivity contribution >= 4 is 46.5 Å². The van der Waals surface area contributed by atoms with Crippen molar-refractivity contribution < 1.29 is 43.0 Å². The summed E-state index contributed by atoms with van der Waals surface area (Å²) in [5.74, 6) is -2.17. The van der Waals surface area contributed by atoms with Crippen LogP contribution in [0.15, 0.2) is 42.5 Å². The normalized spacial score (nSPS) is 17.4. The molecule has 3 rings (SSSR count). The second-order valence-electron chi connectivity index (χ2n) is 16.6. The van der Waals surface area contributed by atoms with Crippen LogP contribution in [0, 0.1) is 11.8 Å². The largest absolute Gasteiger partial charge is 0.467 e. The van der Waals surface area contributed by atoms with Gasteiger partial charge in [-0.3, -0.25) is 14.4 Å². The maximum Gasteiger partial charge on any atom is 0.329 e. The summed E-state index contributed by atoms with van der Waals surface area (Å²) in [5.41, 5.74) is 5.19. The highest BCUT2D eigenvalue weighted by molar-refractivity contribution is 5.90. The lowest BCUT2D eigenvalue weighted by molar-refractivity contribution is -0.158. The molecule has 6 N–H and O–H groups in total. The molecule has 0 heterocycles. The number of fused-ring (bicyclic) bond motifs is 1. The van der Waals surface area contributed by atoms with Crippen LogP contribution in [0.2, 0.25) is 0 Å². The van der Waals surface area contributed by atoms with Gasteiger partial charge >= 0.3 is 23.9 Å². The van der Waals surface area contributed by atoms with Gasteiger partial charge in [0.2, 0.25) is 11.8 Å². The van der Waals surface area contributed by atoms with Crippen LogP contribution in [-0.2, 0) is 44.6 Å². The number of hydrogen-bond donors (Lipinski definition) is 5. The number of ether oxygens (including phenoxy) is 3.